The molecule has 3 aromatic carbocycles. The van der Waals surface area contributed by atoms with Crippen molar-refractivity contribution in [2.75, 3.05) is 0 Å². The second kappa shape index (κ2) is 5.38. The van der Waals surface area contributed by atoms with Gasteiger partial charge in [-0.05, 0) is 42.7 Å². The van der Waals surface area contributed by atoms with Gasteiger partial charge >= 0.3 is 0 Å². The molecule has 0 unspecified atom stereocenters. The van der Waals surface area contributed by atoms with Crippen LogP contribution in [-0.4, -0.2) is 4.57 Å². The van der Waals surface area contributed by atoms with Crippen molar-refractivity contribution in [3.05, 3.63) is 60.2 Å². The minimum atomic E-state index is 0.984. The molecule has 0 atom stereocenters. The minimum absolute atomic E-state index is 0.984. The van der Waals surface area contributed by atoms with Gasteiger partial charge in [0.25, 0.3) is 0 Å². The van der Waals surface area contributed by atoms with Gasteiger partial charge in [0, 0.05) is 28.7 Å². The molecular formula is C23H21NO. The monoisotopic (exact) mass is 327 g/mol. The highest BCUT2D eigenvalue weighted by Gasteiger charge is 2.17. The second-order valence-electron chi connectivity index (χ2n) is 6.91. The molecule has 5 rings (SSSR count). The summed E-state index contributed by atoms with van der Waals surface area (Å²) in [5.74, 6) is 0. The fraction of sp³-hybridized carbons (Fsp3) is 0.217. The fourth-order valence-electron chi connectivity index (χ4n) is 4.22. The van der Waals surface area contributed by atoms with Gasteiger partial charge in [-0.1, -0.05) is 43.7 Å². The van der Waals surface area contributed by atoms with Crippen LogP contribution in [0, 0.1) is 0 Å². The van der Waals surface area contributed by atoms with Gasteiger partial charge in [-0.2, -0.15) is 0 Å². The maximum Gasteiger partial charge on any atom is 0.137 e. The quantitative estimate of drug-likeness (QED) is 0.366. The Kier molecular flexibility index (Phi) is 3.14. The summed E-state index contributed by atoms with van der Waals surface area (Å²) in [6.07, 6.45) is 3.51. The molecule has 2 heteroatoms. The average molecular weight is 327 g/mol. The topological polar surface area (TPSA) is 18.1 Å². The predicted octanol–water partition coefficient (Wildman–Crippen LogP) is 6.57. The number of aryl methyl sites for hydroxylation is 2. The largest absolute Gasteiger partial charge is 0.456 e. The summed E-state index contributed by atoms with van der Waals surface area (Å²) in [5, 5.41) is 5.17. The maximum absolute atomic E-state index is 6.22. The molecule has 0 amide bonds. The van der Waals surface area contributed by atoms with E-state index in [0.29, 0.717) is 0 Å². The van der Waals surface area contributed by atoms with Crippen LogP contribution in [0.3, 0.4) is 0 Å². The van der Waals surface area contributed by atoms with Crippen LogP contribution in [0.4, 0.5) is 0 Å². The number of hydrogen-bond acceptors (Lipinski definition) is 1. The first-order chi connectivity index (χ1) is 12.3. The Labute approximate surface area is 146 Å². The molecule has 124 valence electrons. The summed E-state index contributed by atoms with van der Waals surface area (Å²) in [5.41, 5.74) is 5.93. The van der Waals surface area contributed by atoms with Gasteiger partial charge in [-0.25, -0.2) is 0 Å². The highest BCUT2D eigenvalue weighted by atomic mass is 16.3. The van der Waals surface area contributed by atoms with E-state index in [1.165, 1.54) is 51.0 Å². The normalized spacial score (nSPS) is 12.1. The lowest BCUT2D eigenvalue weighted by molar-refractivity contribution is 0.668. The van der Waals surface area contributed by atoms with Gasteiger partial charge in [-0.15, -0.1) is 0 Å². The smallest absolute Gasteiger partial charge is 0.137 e. The van der Waals surface area contributed by atoms with Crippen molar-refractivity contribution in [3.63, 3.8) is 0 Å². The van der Waals surface area contributed by atoms with Crippen molar-refractivity contribution in [3.8, 4) is 0 Å². The highest BCUT2D eigenvalue weighted by Crippen LogP contribution is 2.40. The molecule has 0 aliphatic carbocycles. The number of hydrogen-bond donors (Lipinski definition) is 0. The van der Waals surface area contributed by atoms with Crippen molar-refractivity contribution >= 4 is 43.7 Å². The second-order valence-corrected chi connectivity index (χ2v) is 6.91. The number of benzene rings is 3. The average Bonchev–Trinajstić information content (AvgIpc) is 3.16. The first-order valence-electron chi connectivity index (χ1n) is 9.10. The summed E-state index contributed by atoms with van der Waals surface area (Å²) in [7, 11) is 2.16. The molecule has 0 saturated carbocycles. The third-order valence-corrected chi connectivity index (χ3v) is 5.41. The first-order valence-corrected chi connectivity index (χ1v) is 9.10. The molecule has 0 fully saturated rings. The van der Waals surface area contributed by atoms with Crippen LogP contribution in [0.25, 0.3) is 43.7 Å². The van der Waals surface area contributed by atoms with Crippen LogP contribution in [0.5, 0.6) is 0 Å². The first kappa shape index (κ1) is 14.6. The van der Waals surface area contributed by atoms with Crippen LogP contribution in [0.1, 0.15) is 25.3 Å². The van der Waals surface area contributed by atoms with E-state index in [1.54, 1.807) is 0 Å². The van der Waals surface area contributed by atoms with E-state index in [4.69, 9.17) is 4.42 Å². The van der Waals surface area contributed by atoms with Crippen LogP contribution in [-0.2, 0) is 13.5 Å². The zero-order chi connectivity index (χ0) is 17.0. The Morgan fingerprint density at radius 2 is 1.68 bits per heavy atom. The summed E-state index contributed by atoms with van der Waals surface area (Å²) in [6, 6.07) is 19.4. The molecule has 0 aliphatic heterocycles. The van der Waals surface area contributed by atoms with E-state index in [1.807, 2.05) is 0 Å². The van der Waals surface area contributed by atoms with Crippen molar-refractivity contribution in [2.45, 2.75) is 26.2 Å². The summed E-state index contributed by atoms with van der Waals surface area (Å²) in [4.78, 5) is 0. The van der Waals surface area contributed by atoms with E-state index < -0.39 is 0 Å². The van der Waals surface area contributed by atoms with E-state index >= 15 is 0 Å². The Morgan fingerprint density at radius 1 is 0.840 bits per heavy atom. The Balaban J connectivity index is 2.00. The highest BCUT2D eigenvalue weighted by molar-refractivity contribution is 6.24. The molecule has 0 bridgehead atoms. The number of rotatable bonds is 3. The van der Waals surface area contributed by atoms with Crippen molar-refractivity contribution in [2.24, 2.45) is 7.05 Å². The predicted molar refractivity (Wildman–Crippen MR) is 106 cm³/mol. The third-order valence-electron chi connectivity index (χ3n) is 5.41. The molecule has 25 heavy (non-hydrogen) atoms. The zero-order valence-electron chi connectivity index (χ0n) is 14.7. The van der Waals surface area contributed by atoms with Crippen LogP contribution in [0.15, 0.2) is 59.0 Å². The lowest BCUT2D eigenvalue weighted by Gasteiger charge is -2.04. The van der Waals surface area contributed by atoms with Gasteiger partial charge in [0.1, 0.15) is 11.2 Å². The molecule has 0 N–H and O–H groups in total. The Bertz CT molecular complexity index is 1240. The molecule has 0 aliphatic rings. The lowest BCUT2D eigenvalue weighted by Crippen LogP contribution is -1.89. The number of aromatic nitrogens is 1. The molecule has 0 spiro atoms. The number of furan rings is 1. The molecule has 2 aromatic heterocycles. The van der Waals surface area contributed by atoms with E-state index in [9.17, 15) is 0 Å². The molecule has 0 radical (unpaired) electrons. The fourth-order valence-corrected chi connectivity index (χ4v) is 4.22. The van der Waals surface area contributed by atoms with Crippen molar-refractivity contribution in [1.29, 1.82) is 0 Å². The van der Waals surface area contributed by atoms with Gasteiger partial charge in [0.05, 0.1) is 10.9 Å². The Hall–Kier alpha value is -2.74. The molecule has 2 nitrogen and oxygen atoms in total. The zero-order valence-corrected chi connectivity index (χ0v) is 14.7. The number of fused-ring (bicyclic) bond motifs is 7. The number of para-hydroxylation sites is 1. The summed E-state index contributed by atoms with van der Waals surface area (Å²) < 4.78 is 8.54. The van der Waals surface area contributed by atoms with E-state index in [-0.39, 0.29) is 0 Å². The van der Waals surface area contributed by atoms with E-state index in [2.05, 4.69) is 73.1 Å². The van der Waals surface area contributed by atoms with Crippen LogP contribution >= 0.6 is 0 Å². The number of unbranched alkanes of at least 4 members (excludes halogenated alkanes) is 1. The molecule has 0 saturated heterocycles. The van der Waals surface area contributed by atoms with E-state index in [0.717, 1.165) is 17.6 Å². The minimum Gasteiger partial charge on any atom is -0.456 e. The SMILES string of the molecule is CCCCc1cccc2oc3ccc4c5ccccc5n(C)c4c3c12. The van der Waals surface area contributed by atoms with Crippen LogP contribution in [0.2, 0.25) is 0 Å². The number of nitrogens with zero attached hydrogens (tertiary/aromatic N) is 1. The van der Waals surface area contributed by atoms with Gasteiger partial charge < -0.3 is 8.98 Å². The van der Waals surface area contributed by atoms with Gasteiger partial charge in [-0.3, -0.25) is 0 Å². The molecular weight excluding hydrogens is 306 g/mol. The lowest BCUT2D eigenvalue weighted by atomic mass is 10.0. The Morgan fingerprint density at radius 3 is 2.56 bits per heavy atom. The van der Waals surface area contributed by atoms with Crippen LogP contribution < -0.4 is 0 Å². The summed E-state index contributed by atoms with van der Waals surface area (Å²) >= 11 is 0. The third kappa shape index (κ3) is 1.97. The van der Waals surface area contributed by atoms with Gasteiger partial charge in [0.15, 0.2) is 0 Å². The van der Waals surface area contributed by atoms with Crippen molar-refractivity contribution in [1.82, 2.24) is 4.57 Å². The molecule has 5 aromatic rings. The maximum atomic E-state index is 6.22. The van der Waals surface area contributed by atoms with Gasteiger partial charge in [0.2, 0.25) is 0 Å². The summed E-state index contributed by atoms with van der Waals surface area (Å²) in [6.45, 7) is 2.25. The molecule has 2 heterocycles. The van der Waals surface area contributed by atoms with Crippen molar-refractivity contribution < 1.29 is 4.42 Å². The standard InChI is InChI=1S/C23H21NO/c1-3-4-8-15-9-7-12-19-21(15)22-20(25-19)14-13-17-16-10-5-6-11-18(16)24(2)23(17)22/h5-7,9-14H,3-4,8H2,1-2H3.